The molecule has 6 aliphatic rings. The van der Waals surface area contributed by atoms with Crippen LogP contribution in [0.4, 0.5) is 20.7 Å². The van der Waals surface area contributed by atoms with Crippen LogP contribution in [0.3, 0.4) is 0 Å². The van der Waals surface area contributed by atoms with E-state index in [0.29, 0.717) is 83.9 Å². The van der Waals surface area contributed by atoms with Crippen molar-refractivity contribution in [2.45, 2.75) is 96.5 Å². The Labute approximate surface area is 449 Å². The van der Waals surface area contributed by atoms with Crippen LogP contribution in [0.2, 0.25) is 5.02 Å². The summed E-state index contributed by atoms with van der Waals surface area (Å²) in [5.41, 5.74) is 2.23. The number of imide groups is 1. The van der Waals surface area contributed by atoms with Gasteiger partial charge in [-0.1, -0.05) is 36.7 Å². The van der Waals surface area contributed by atoms with Crippen LogP contribution in [0.25, 0.3) is 32.9 Å². The normalized spacial score (nSPS) is 22.4. The Bertz CT molecular complexity index is 3000. The summed E-state index contributed by atoms with van der Waals surface area (Å²) in [7, 11) is 1.56. The average molecular weight is 1060 g/mol. The Morgan fingerprint density at radius 3 is 2.41 bits per heavy atom. The number of likely N-dealkylation sites (tertiary alicyclic amines) is 1. The number of carbonyl (C=O) groups is 3. The van der Waals surface area contributed by atoms with Gasteiger partial charge in [0.25, 0.3) is 5.91 Å². The molecule has 1 atom stereocenters. The topological polar surface area (TPSA) is 166 Å². The predicted octanol–water partition coefficient (Wildman–Crippen LogP) is 8.87. The third-order valence-electron chi connectivity index (χ3n) is 17.5. The number of carbonyl (C=O) groups excluding carboxylic acids is 3. The summed E-state index contributed by atoms with van der Waals surface area (Å²) in [5.74, 6) is 0.792. The number of ether oxygens (including phenoxy) is 3. The van der Waals surface area contributed by atoms with Crippen molar-refractivity contribution in [2.75, 3.05) is 102 Å². The predicted molar refractivity (Wildman–Crippen MR) is 291 cm³/mol. The number of piperidine rings is 2. The zero-order valence-corrected chi connectivity index (χ0v) is 44.9. The molecule has 2 saturated carbocycles. The van der Waals surface area contributed by atoms with Crippen molar-refractivity contribution >= 4 is 62.6 Å². The Hall–Kier alpha value is -5.72. The molecule has 2 aliphatic carbocycles. The summed E-state index contributed by atoms with van der Waals surface area (Å²) >= 11 is 6.47. The first-order valence-electron chi connectivity index (χ1n) is 27.5. The van der Waals surface area contributed by atoms with E-state index in [1.165, 1.54) is 30.6 Å². The van der Waals surface area contributed by atoms with Gasteiger partial charge in [0.2, 0.25) is 5.91 Å². The number of aromatic nitrogens is 3. The van der Waals surface area contributed by atoms with E-state index in [1.54, 1.807) is 31.5 Å². The number of halogens is 2. The van der Waals surface area contributed by atoms with E-state index in [1.807, 2.05) is 41.0 Å². The van der Waals surface area contributed by atoms with Crippen molar-refractivity contribution in [2.24, 2.45) is 16.7 Å². The Balaban J connectivity index is 0.702. The molecule has 6 fully saturated rings. The van der Waals surface area contributed by atoms with Gasteiger partial charge in [-0.25, -0.2) is 9.18 Å². The lowest BCUT2D eigenvalue weighted by molar-refractivity contribution is -0.120. The van der Waals surface area contributed by atoms with Crippen LogP contribution in [0, 0.1) is 22.6 Å². The number of aryl methyl sites for hydroxylation is 1. The average Bonchev–Trinajstić information content (AvgIpc) is 4.22. The number of rotatable bonds is 15. The molecule has 3 aromatic carbocycles. The number of nitrogens with zero attached hydrogens (tertiary/aromatic N) is 8. The van der Waals surface area contributed by atoms with Gasteiger partial charge in [-0.05, 0) is 136 Å². The van der Waals surface area contributed by atoms with Crippen molar-refractivity contribution in [3.63, 3.8) is 0 Å². The number of hydrogen-bond donors (Lipinski definition) is 2. The number of anilines is 2. The molecule has 4 saturated heterocycles. The monoisotopic (exact) mass is 1060 g/mol. The standard InChI is InChI=1S/C58H71ClFN9O7/c1-4-39-7-5-8-40-29-42(76-37-74-3)31-43(48(39)40)50-49(60)51-44(32-61-50)52(68-21-6-14-56(2,73)34-68)64-54(63-51)75-36-58(17-18-58)35-66-27-25-65(26-28-66)33-38-11-15-57(16-12-38)19-23-67(24-20-57)53(71)41-9-10-45(59)46(30-41)69-22-13-47(70)62-55(69)72/h5,7-10,29-32,38,73H,4,6,11-28,33-37H2,1-3H3,(H,62,70,72)/t56-/m1/s1. The van der Waals surface area contributed by atoms with E-state index in [4.69, 9.17) is 40.8 Å². The summed E-state index contributed by atoms with van der Waals surface area (Å²) in [4.78, 5) is 63.2. The Morgan fingerprint density at radius 1 is 0.908 bits per heavy atom. The van der Waals surface area contributed by atoms with Gasteiger partial charge in [-0.15, -0.1) is 0 Å². The number of pyridine rings is 1. The highest BCUT2D eigenvalue weighted by Crippen LogP contribution is 2.49. The molecule has 1 spiro atoms. The molecule has 11 rings (SSSR count). The fraction of sp³-hybridized carbons (Fsp3) is 0.552. The van der Waals surface area contributed by atoms with Gasteiger partial charge in [-0.3, -0.25) is 24.8 Å². The number of piperazine rings is 1. The van der Waals surface area contributed by atoms with Crippen LogP contribution in [-0.4, -0.2) is 151 Å². The quantitative estimate of drug-likeness (QED) is 0.0956. The highest BCUT2D eigenvalue weighted by atomic mass is 35.5. The van der Waals surface area contributed by atoms with Gasteiger partial charge in [0.15, 0.2) is 12.6 Å². The van der Waals surface area contributed by atoms with Gasteiger partial charge >= 0.3 is 12.0 Å². The second kappa shape index (κ2) is 21.6. The summed E-state index contributed by atoms with van der Waals surface area (Å²) in [5, 5.41) is 16.2. The Kier molecular flexibility index (Phi) is 14.9. The molecule has 404 valence electrons. The SMILES string of the molecule is CCc1cccc2cc(OCOC)cc(-c3ncc4c(N5CCC[C@@](C)(O)C5)nc(OCC5(CN6CCN(CC7CCC8(CC7)CCN(C(=O)c7ccc(Cl)c(N9CCC(=O)NC9=O)c7)CC8)CC6)CC5)nc4c3F)c12. The summed E-state index contributed by atoms with van der Waals surface area (Å²) in [6.07, 6.45) is 12.9. The molecule has 0 radical (unpaired) electrons. The molecule has 18 heteroatoms. The fourth-order valence-corrected chi connectivity index (χ4v) is 13.0. The van der Waals surface area contributed by atoms with E-state index in [-0.39, 0.29) is 59.6 Å². The maximum absolute atomic E-state index is 17.4. The number of methoxy groups -OCH3 is 1. The molecule has 76 heavy (non-hydrogen) atoms. The maximum Gasteiger partial charge on any atom is 0.328 e. The van der Waals surface area contributed by atoms with E-state index < -0.39 is 17.4 Å². The van der Waals surface area contributed by atoms with Crippen molar-refractivity contribution in [3.05, 3.63) is 76.7 Å². The first kappa shape index (κ1) is 52.3. The van der Waals surface area contributed by atoms with Crippen LogP contribution in [-0.2, 0) is 16.0 Å². The second-order valence-corrected chi connectivity index (χ2v) is 23.4. The van der Waals surface area contributed by atoms with Crippen molar-refractivity contribution in [1.82, 2.24) is 35.0 Å². The van der Waals surface area contributed by atoms with Crippen LogP contribution in [0.1, 0.15) is 100 Å². The van der Waals surface area contributed by atoms with E-state index in [0.717, 1.165) is 94.1 Å². The van der Waals surface area contributed by atoms with Gasteiger partial charge in [0.1, 0.15) is 22.8 Å². The lowest BCUT2D eigenvalue weighted by Crippen LogP contribution is -2.50. The molecule has 4 aliphatic heterocycles. The van der Waals surface area contributed by atoms with E-state index in [2.05, 4.69) is 28.1 Å². The number of hydrogen-bond acceptors (Lipinski definition) is 13. The third kappa shape index (κ3) is 11.0. The highest BCUT2D eigenvalue weighted by molar-refractivity contribution is 6.34. The molecular weight excluding hydrogens is 989 g/mol. The van der Waals surface area contributed by atoms with Crippen molar-refractivity contribution < 1.29 is 38.1 Å². The lowest BCUT2D eigenvalue weighted by atomic mass is 9.65. The van der Waals surface area contributed by atoms with Gasteiger partial charge in [-0.2, -0.15) is 9.97 Å². The Morgan fingerprint density at radius 2 is 1.68 bits per heavy atom. The lowest BCUT2D eigenvalue weighted by Gasteiger charge is -2.47. The minimum Gasteiger partial charge on any atom is -0.468 e. The molecule has 5 aromatic rings. The van der Waals surface area contributed by atoms with Crippen molar-refractivity contribution in [3.8, 4) is 23.0 Å². The number of aliphatic hydroxyl groups is 1. The van der Waals surface area contributed by atoms with Crippen LogP contribution in [0.5, 0.6) is 11.8 Å². The number of β-amino-alcohol motifs (C(OH)–C–C–N with tert-alkyl or cyclic N) is 1. The second-order valence-electron chi connectivity index (χ2n) is 22.9. The number of benzene rings is 3. The molecule has 16 nitrogen and oxygen atoms in total. The number of fused-ring (bicyclic) bond motifs is 2. The maximum atomic E-state index is 17.4. The highest BCUT2D eigenvalue weighted by Gasteiger charge is 2.46. The van der Waals surface area contributed by atoms with Gasteiger partial charge in [0, 0.05) is 108 Å². The van der Waals surface area contributed by atoms with Gasteiger partial charge in [0.05, 0.1) is 28.3 Å². The minimum atomic E-state index is -0.930. The fourth-order valence-electron chi connectivity index (χ4n) is 12.8. The third-order valence-corrected chi connectivity index (χ3v) is 17.8. The molecule has 0 bridgehead atoms. The van der Waals surface area contributed by atoms with Crippen molar-refractivity contribution in [1.29, 1.82) is 0 Å². The largest absolute Gasteiger partial charge is 0.468 e. The smallest absolute Gasteiger partial charge is 0.328 e. The zero-order chi connectivity index (χ0) is 52.8. The van der Waals surface area contributed by atoms with E-state index >= 15 is 4.39 Å². The first-order chi connectivity index (χ1) is 36.7. The number of amides is 4. The molecule has 2 aromatic heterocycles. The summed E-state index contributed by atoms with van der Waals surface area (Å²) in [6.45, 7) is 13.2. The molecule has 6 heterocycles. The molecule has 0 unspecified atom stereocenters. The van der Waals surface area contributed by atoms with Gasteiger partial charge < -0.3 is 38.9 Å². The summed E-state index contributed by atoms with van der Waals surface area (Å²) in [6, 6.07) is 14.5. The summed E-state index contributed by atoms with van der Waals surface area (Å²) < 4.78 is 35.1. The van der Waals surface area contributed by atoms with Crippen LogP contribution >= 0.6 is 11.6 Å². The van der Waals surface area contributed by atoms with Crippen LogP contribution in [0.15, 0.2) is 54.7 Å². The number of urea groups is 1. The minimum absolute atomic E-state index is 0.0287. The molecule has 4 amide bonds. The first-order valence-corrected chi connectivity index (χ1v) is 27.9. The van der Waals surface area contributed by atoms with Crippen LogP contribution < -0.4 is 24.6 Å². The number of nitrogens with one attached hydrogen (secondary N) is 1. The zero-order valence-electron chi connectivity index (χ0n) is 44.2. The van der Waals surface area contributed by atoms with E-state index in [9.17, 15) is 19.5 Å². The molecular formula is C58H71ClFN9O7. The molecule has 2 N–H and O–H groups in total.